The van der Waals surface area contributed by atoms with Gasteiger partial charge in [-0.05, 0) is 86.1 Å². The zero-order valence-corrected chi connectivity index (χ0v) is 29.4. The average molecular weight is 687 g/mol. The molecule has 0 aromatic heterocycles. The van der Waals surface area contributed by atoms with Gasteiger partial charge in [0.2, 0.25) is 11.7 Å². The molecule has 3 N–H and O–H groups in total. The van der Waals surface area contributed by atoms with Crippen LogP contribution in [0.1, 0.15) is 88.2 Å². The average Bonchev–Trinajstić information content (AvgIpc) is 3.98. The van der Waals surface area contributed by atoms with E-state index in [0.717, 1.165) is 67.4 Å². The Morgan fingerprint density at radius 3 is 2.54 bits per heavy atom. The van der Waals surface area contributed by atoms with Gasteiger partial charge in [0.1, 0.15) is 24.1 Å². The van der Waals surface area contributed by atoms with Crippen molar-refractivity contribution in [2.45, 2.75) is 95.5 Å². The van der Waals surface area contributed by atoms with Gasteiger partial charge in [0, 0.05) is 43.6 Å². The Balaban J connectivity index is 1.55. The third-order valence-corrected chi connectivity index (χ3v) is 11.0. The Hall–Kier alpha value is -3.66. The number of phenols is 1. The van der Waals surface area contributed by atoms with Crippen molar-refractivity contribution in [3.05, 3.63) is 84.0 Å². The smallest absolute Gasteiger partial charge is 0.239 e. The highest BCUT2D eigenvalue weighted by molar-refractivity contribution is 6.03. The molecule has 0 radical (unpaired) electrons. The molecule has 2 aromatic carbocycles. The lowest BCUT2D eigenvalue weighted by Crippen LogP contribution is -2.70. The highest BCUT2D eigenvalue weighted by atomic mass is 16.7. The minimum atomic E-state index is -1.25. The summed E-state index contributed by atoms with van der Waals surface area (Å²) in [6.07, 6.45) is 11.9. The fourth-order valence-electron chi connectivity index (χ4n) is 8.64. The molecule has 2 fully saturated rings. The van der Waals surface area contributed by atoms with Crippen molar-refractivity contribution in [1.82, 2.24) is 4.90 Å². The van der Waals surface area contributed by atoms with Gasteiger partial charge in [-0.15, -0.1) is 6.58 Å². The summed E-state index contributed by atoms with van der Waals surface area (Å²) < 4.78 is 14.1. The van der Waals surface area contributed by atoms with Crippen LogP contribution in [-0.2, 0) is 21.0 Å². The molecule has 0 saturated heterocycles. The summed E-state index contributed by atoms with van der Waals surface area (Å²) in [5.74, 6) is -0.561. The zero-order valence-electron chi connectivity index (χ0n) is 29.4. The van der Waals surface area contributed by atoms with Crippen LogP contribution in [0.25, 0.3) is 0 Å². The van der Waals surface area contributed by atoms with Crippen LogP contribution in [0.4, 0.5) is 0 Å². The molecule has 1 aliphatic heterocycles. The molecule has 9 nitrogen and oxygen atoms in total. The molecule has 2 saturated carbocycles. The maximum absolute atomic E-state index is 14.2. The first-order valence-electron chi connectivity index (χ1n) is 18.7. The van der Waals surface area contributed by atoms with Crippen molar-refractivity contribution in [3.8, 4) is 11.5 Å². The van der Waals surface area contributed by atoms with Gasteiger partial charge in [0.05, 0.1) is 18.2 Å². The molecule has 9 heteroatoms. The van der Waals surface area contributed by atoms with E-state index >= 15 is 0 Å². The Labute approximate surface area is 296 Å². The second-order valence-corrected chi connectivity index (χ2v) is 14.4. The maximum Gasteiger partial charge on any atom is 0.239 e. The fourth-order valence-corrected chi connectivity index (χ4v) is 8.64. The number of allylic oxidation sites excluding steroid dienone is 1. The monoisotopic (exact) mass is 686 g/mol. The number of phenolic OH excluding ortho intramolecular Hbond substituents is 1. The maximum atomic E-state index is 14.2. The van der Waals surface area contributed by atoms with E-state index in [1.54, 1.807) is 12.1 Å². The molecule has 270 valence electrons. The number of unbranched alkanes of at least 4 members (excludes halogenated alkanes) is 2. The first-order chi connectivity index (χ1) is 24.4. The Bertz CT molecular complexity index is 1520. The largest absolute Gasteiger partial charge is 0.508 e. The van der Waals surface area contributed by atoms with Gasteiger partial charge < -0.3 is 34.5 Å². The van der Waals surface area contributed by atoms with Crippen LogP contribution in [0.15, 0.2) is 78.0 Å². The number of hydrogen-bond donors (Lipinski definition) is 3. The van der Waals surface area contributed by atoms with Crippen molar-refractivity contribution < 1.29 is 34.4 Å². The van der Waals surface area contributed by atoms with Gasteiger partial charge in [-0.3, -0.25) is 4.79 Å². The van der Waals surface area contributed by atoms with E-state index in [-0.39, 0.29) is 61.1 Å². The molecular formula is C41H54N2O7. The number of rotatable bonds is 18. The first kappa shape index (κ1) is 36.1. The van der Waals surface area contributed by atoms with Gasteiger partial charge in [-0.2, -0.15) is 0 Å². The lowest BCUT2D eigenvalue weighted by atomic mass is 9.55. The number of carbonyl (C=O) groups excluding carboxylic acids is 1. The van der Waals surface area contributed by atoms with Gasteiger partial charge in [0.25, 0.3) is 0 Å². The summed E-state index contributed by atoms with van der Waals surface area (Å²) in [6, 6.07) is 14.8. The predicted molar refractivity (Wildman–Crippen MR) is 193 cm³/mol. The second kappa shape index (κ2) is 16.6. The highest BCUT2D eigenvalue weighted by Crippen LogP contribution is 2.62. The summed E-state index contributed by atoms with van der Waals surface area (Å²) in [7, 11) is 0. The van der Waals surface area contributed by atoms with E-state index in [0.29, 0.717) is 38.2 Å². The number of carbonyl (C=O) groups is 1. The van der Waals surface area contributed by atoms with E-state index in [1.807, 2.05) is 47.4 Å². The van der Waals surface area contributed by atoms with Gasteiger partial charge in [-0.1, -0.05) is 67.4 Å². The Kier molecular flexibility index (Phi) is 12.0. The molecule has 4 aliphatic rings. The standard InChI is InChI=1S/C41H54N2O7/c1-3-20-43(40(47)29-16-17-29)37-26-35(42-49-27-28-12-6-5-7-13-28)33-24-30(14-8-10-21-44)32(15-9-11-22-45)38-34-25-31(46)18-19-36(34)50-41(37,39(33)38)48-23-4-2/h4-7,12-13,18-19,24-25,29-30,32,37-39,44-46H,2-3,8-11,14-17,20-23,26-27H2,1H3. The normalized spacial score (nSPS) is 27.5. The van der Waals surface area contributed by atoms with Crippen molar-refractivity contribution >= 4 is 11.6 Å². The third kappa shape index (κ3) is 7.51. The summed E-state index contributed by atoms with van der Waals surface area (Å²) in [4.78, 5) is 22.3. The van der Waals surface area contributed by atoms with Crippen molar-refractivity contribution in [1.29, 1.82) is 0 Å². The van der Waals surface area contributed by atoms with Crippen LogP contribution < -0.4 is 4.74 Å². The molecule has 6 rings (SSSR count). The molecule has 0 spiro atoms. The molecule has 50 heavy (non-hydrogen) atoms. The molecular weight excluding hydrogens is 632 g/mol. The summed E-state index contributed by atoms with van der Waals surface area (Å²) in [6.45, 7) is 7.44. The van der Waals surface area contributed by atoms with Crippen LogP contribution >= 0.6 is 0 Å². The van der Waals surface area contributed by atoms with E-state index in [2.05, 4.69) is 19.6 Å². The fraction of sp³-hybridized carbons (Fsp3) is 0.561. The number of oxime groups is 1. The predicted octanol–water partition coefficient (Wildman–Crippen LogP) is 6.87. The quantitative estimate of drug-likeness (QED) is 0.0889. The van der Waals surface area contributed by atoms with Gasteiger partial charge >= 0.3 is 0 Å². The lowest BCUT2D eigenvalue weighted by molar-refractivity contribution is -0.257. The Morgan fingerprint density at radius 2 is 1.84 bits per heavy atom. The number of fused-ring (bicyclic) bond motifs is 2. The minimum absolute atomic E-state index is 0.00164. The summed E-state index contributed by atoms with van der Waals surface area (Å²) in [5.41, 5.74) is 3.72. The van der Waals surface area contributed by atoms with E-state index in [1.165, 1.54) is 0 Å². The van der Waals surface area contributed by atoms with E-state index < -0.39 is 11.8 Å². The molecule has 0 bridgehead atoms. The van der Waals surface area contributed by atoms with Crippen LogP contribution in [-0.4, -0.2) is 70.0 Å². The number of amides is 1. The number of hydrogen-bond acceptors (Lipinski definition) is 8. The van der Waals surface area contributed by atoms with Crippen LogP contribution in [0.3, 0.4) is 0 Å². The summed E-state index contributed by atoms with van der Waals surface area (Å²) >= 11 is 0. The third-order valence-electron chi connectivity index (χ3n) is 11.0. The number of aliphatic hydroxyl groups is 2. The zero-order chi connectivity index (χ0) is 35.1. The van der Waals surface area contributed by atoms with Crippen molar-refractivity contribution in [2.24, 2.45) is 28.8 Å². The molecule has 1 heterocycles. The first-order valence-corrected chi connectivity index (χ1v) is 18.7. The Morgan fingerprint density at radius 1 is 1.08 bits per heavy atom. The van der Waals surface area contributed by atoms with Crippen LogP contribution in [0.5, 0.6) is 11.5 Å². The van der Waals surface area contributed by atoms with Crippen molar-refractivity contribution in [2.75, 3.05) is 26.4 Å². The number of nitrogens with zero attached hydrogens (tertiary/aromatic N) is 2. The molecule has 2 aromatic rings. The summed E-state index contributed by atoms with van der Waals surface area (Å²) in [5, 5.41) is 35.3. The molecule has 3 aliphatic carbocycles. The number of aliphatic hydroxyl groups excluding tert-OH is 2. The lowest BCUT2D eigenvalue weighted by Gasteiger charge is -2.60. The highest BCUT2D eigenvalue weighted by Gasteiger charge is 2.65. The van der Waals surface area contributed by atoms with Crippen LogP contribution in [0, 0.1) is 23.7 Å². The number of aromatic hydroxyl groups is 1. The molecule has 6 atom stereocenters. The van der Waals surface area contributed by atoms with E-state index in [4.69, 9.17) is 19.5 Å². The minimum Gasteiger partial charge on any atom is -0.508 e. The van der Waals surface area contributed by atoms with Crippen molar-refractivity contribution in [3.63, 3.8) is 0 Å². The molecule has 1 amide bonds. The molecule has 6 unspecified atom stereocenters. The van der Waals surface area contributed by atoms with Gasteiger partial charge in [-0.25, -0.2) is 0 Å². The second-order valence-electron chi connectivity index (χ2n) is 14.4. The van der Waals surface area contributed by atoms with E-state index in [9.17, 15) is 20.1 Å². The number of ether oxygens (including phenoxy) is 2. The van der Waals surface area contributed by atoms with Gasteiger partial charge in [0.15, 0.2) is 0 Å². The van der Waals surface area contributed by atoms with Crippen LogP contribution in [0.2, 0.25) is 0 Å². The SMILES string of the molecule is C=CCOC12Oc3ccc(O)cc3C3C(CCCCO)C(CCCCO)C=C(C(=NOCc4ccccc4)CC1N(CCC)C(=O)C1CC1)C32. The topological polar surface area (TPSA) is 121 Å². The number of benzene rings is 2.